The lowest BCUT2D eigenvalue weighted by molar-refractivity contribution is 0.120. The van der Waals surface area contributed by atoms with E-state index in [1.807, 2.05) is 6.92 Å². The summed E-state index contributed by atoms with van der Waals surface area (Å²) in [7, 11) is 0. The van der Waals surface area contributed by atoms with Crippen LogP contribution in [0.4, 0.5) is 0 Å². The van der Waals surface area contributed by atoms with Crippen molar-refractivity contribution < 1.29 is 5.11 Å². The average molecular weight is 206 g/mol. The summed E-state index contributed by atoms with van der Waals surface area (Å²) in [6.45, 7) is 12.3. The summed E-state index contributed by atoms with van der Waals surface area (Å²) in [5, 5.41) is 9.96. The van der Waals surface area contributed by atoms with Crippen LogP contribution in [0, 0.1) is 17.3 Å². The first-order valence-electron chi connectivity index (χ1n) is 5.98. The molecule has 1 heteroatoms. The zero-order valence-electron chi connectivity index (χ0n) is 9.92. The maximum atomic E-state index is 9.96. The van der Waals surface area contributed by atoms with Crippen molar-refractivity contribution in [3.63, 3.8) is 0 Å². The van der Waals surface area contributed by atoms with Gasteiger partial charge in [0.05, 0.1) is 6.10 Å². The monoisotopic (exact) mass is 206 g/mol. The number of hydrogen-bond donors (Lipinski definition) is 1. The van der Waals surface area contributed by atoms with Gasteiger partial charge in [-0.25, -0.2) is 0 Å². The van der Waals surface area contributed by atoms with Crippen LogP contribution in [0.5, 0.6) is 0 Å². The van der Waals surface area contributed by atoms with Crippen LogP contribution in [0.3, 0.4) is 0 Å². The molecule has 0 aliphatic heterocycles. The Morgan fingerprint density at radius 1 is 1.60 bits per heavy atom. The summed E-state index contributed by atoms with van der Waals surface area (Å²) in [6, 6.07) is 0. The van der Waals surface area contributed by atoms with Crippen molar-refractivity contribution in [1.29, 1.82) is 0 Å². The highest BCUT2D eigenvalue weighted by Gasteiger charge is 2.51. The van der Waals surface area contributed by atoms with Crippen molar-refractivity contribution in [2.45, 2.75) is 45.6 Å². The number of hydrogen-bond acceptors (Lipinski definition) is 1. The summed E-state index contributed by atoms with van der Waals surface area (Å²) in [6.07, 6.45) is 4.41. The standard InChI is InChI=1S/C14H22O/c1-9(2)13(15)8-14(4)10(3)11-5-6-12(14)7-11/h11-13,15H,1,3,5-8H2,2,4H3/t11-,12+,13?,14+/m1/s1. The van der Waals surface area contributed by atoms with Crippen molar-refractivity contribution in [1.82, 2.24) is 0 Å². The first-order chi connectivity index (χ1) is 6.95. The van der Waals surface area contributed by atoms with E-state index < -0.39 is 0 Å². The molecule has 2 rings (SSSR count). The van der Waals surface area contributed by atoms with Crippen LogP contribution in [-0.4, -0.2) is 11.2 Å². The molecule has 0 amide bonds. The fraction of sp³-hybridized carbons (Fsp3) is 0.714. The quantitative estimate of drug-likeness (QED) is 0.702. The van der Waals surface area contributed by atoms with E-state index in [4.69, 9.17) is 0 Å². The van der Waals surface area contributed by atoms with Crippen molar-refractivity contribution >= 4 is 0 Å². The third kappa shape index (κ3) is 1.57. The Kier molecular flexibility index (Phi) is 2.54. The predicted molar refractivity (Wildman–Crippen MR) is 63.5 cm³/mol. The summed E-state index contributed by atoms with van der Waals surface area (Å²) >= 11 is 0. The lowest BCUT2D eigenvalue weighted by atomic mass is 9.68. The normalized spacial score (nSPS) is 40.9. The maximum absolute atomic E-state index is 9.96. The van der Waals surface area contributed by atoms with Gasteiger partial charge in [0.1, 0.15) is 0 Å². The van der Waals surface area contributed by atoms with E-state index >= 15 is 0 Å². The Balaban J connectivity index is 2.13. The second-order valence-corrected chi connectivity index (χ2v) is 5.72. The minimum atomic E-state index is -0.355. The van der Waals surface area contributed by atoms with Crippen molar-refractivity contribution in [2.24, 2.45) is 17.3 Å². The molecular formula is C14H22O. The largest absolute Gasteiger partial charge is 0.389 e. The van der Waals surface area contributed by atoms with Gasteiger partial charge in [-0.15, -0.1) is 0 Å². The van der Waals surface area contributed by atoms with E-state index in [0.29, 0.717) is 0 Å². The highest BCUT2D eigenvalue weighted by Crippen LogP contribution is 2.60. The van der Waals surface area contributed by atoms with Gasteiger partial charge in [-0.05, 0) is 49.9 Å². The minimum Gasteiger partial charge on any atom is -0.389 e. The maximum Gasteiger partial charge on any atom is 0.0753 e. The SMILES string of the molecule is C=C(C)C(O)C[C@@]1(C)C(=C)[C@@H]2CC[C@H]1C2. The van der Waals surface area contributed by atoms with Gasteiger partial charge in [0.15, 0.2) is 0 Å². The summed E-state index contributed by atoms with van der Waals surface area (Å²) in [5.74, 6) is 1.49. The first-order valence-corrected chi connectivity index (χ1v) is 5.98. The molecule has 0 aromatic rings. The van der Waals surface area contributed by atoms with E-state index in [0.717, 1.165) is 23.8 Å². The highest BCUT2D eigenvalue weighted by molar-refractivity contribution is 5.25. The molecule has 15 heavy (non-hydrogen) atoms. The third-order valence-corrected chi connectivity index (χ3v) is 4.75. The van der Waals surface area contributed by atoms with Crippen molar-refractivity contribution in [3.05, 3.63) is 24.3 Å². The molecule has 1 N–H and O–H groups in total. The van der Waals surface area contributed by atoms with Gasteiger partial charge >= 0.3 is 0 Å². The Bertz CT molecular complexity index is 304. The van der Waals surface area contributed by atoms with Crippen LogP contribution >= 0.6 is 0 Å². The van der Waals surface area contributed by atoms with Crippen molar-refractivity contribution in [3.8, 4) is 0 Å². The number of fused-ring (bicyclic) bond motifs is 2. The fourth-order valence-electron chi connectivity index (χ4n) is 3.48. The van der Waals surface area contributed by atoms with E-state index in [-0.39, 0.29) is 11.5 Å². The third-order valence-electron chi connectivity index (χ3n) is 4.75. The lowest BCUT2D eigenvalue weighted by Crippen LogP contribution is -2.31. The second kappa shape index (κ2) is 3.48. The van der Waals surface area contributed by atoms with Crippen LogP contribution in [0.25, 0.3) is 0 Å². The molecule has 4 atom stereocenters. The van der Waals surface area contributed by atoms with Gasteiger partial charge in [0.25, 0.3) is 0 Å². The number of allylic oxidation sites excluding steroid dienone is 1. The molecule has 2 bridgehead atoms. The molecule has 2 saturated carbocycles. The smallest absolute Gasteiger partial charge is 0.0753 e. The van der Waals surface area contributed by atoms with E-state index in [1.165, 1.54) is 24.8 Å². The topological polar surface area (TPSA) is 20.2 Å². The molecule has 0 saturated heterocycles. The van der Waals surface area contributed by atoms with Crippen molar-refractivity contribution in [2.75, 3.05) is 0 Å². The van der Waals surface area contributed by atoms with Gasteiger partial charge in [-0.3, -0.25) is 0 Å². The molecule has 1 nitrogen and oxygen atoms in total. The Morgan fingerprint density at radius 3 is 2.73 bits per heavy atom. The Hall–Kier alpha value is -0.560. The van der Waals surface area contributed by atoms with Gasteiger partial charge in [-0.1, -0.05) is 31.2 Å². The molecular weight excluding hydrogens is 184 g/mol. The van der Waals surface area contributed by atoms with Crippen LogP contribution in [-0.2, 0) is 0 Å². The lowest BCUT2D eigenvalue weighted by Gasteiger charge is -2.37. The molecule has 0 heterocycles. The number of aliphatic hydroxyl groups is 1. The van der Waals surface area contributed by atoms with Crippen LogP contribution < -0.4 is 0 Å². The zero-order chi connectivity index (χ0) is 11.2. The van der Waals surface area contributed by atoms with Crippen LogP contribution in [0.2, 0.25) is 0 Å². The molecule has 2 fully saturated rings. The minimum absolute atomic E-state index is 0.168. The Morgan fingerprint density at radius 2 is 2.27 bits per heavy atom. The number of rotatable bonds is 3. The molecule has 0 radical (unpaired) electrons. The van der Waals surface area contributed by atoms with Gasteiger partial charge in [-0.2, -0.15) is 0 Å². The Labute approximate surface area is 92.9 Å². The first kappa shape index (κ1) is 10.9. The van der Waals surface area contributed by atoms with Gasteiger partial charge in [0, 0.05) is 0 Å². The molecule has 2 aliphatic rings. The number of aliphatic hydroxyl groups excluding tert-OH is 1. The summed E-state index contributed by atoms with van der Waals surface area (Å²) < 4.78 is 0. The molecule has 84 valence electrons. The van der Waals surface area contributed by atoms with E-state index in [9.17, 15) is 5.11 Å². The van der Waals surface area contributed by atoms with E-state index in [1.54, 1.807) is 0 Å². The summed E-state index contributed by atoms with van der Waals surface area (Å²) in [4.78, 5) is 0. The summed E-state index contributed by atoms with van der Waals surface area (Å²) in [5.41, 5.74) is 2.44. The van der Waals surface area contributed by atoms with Crippen LogP contribution in [0.1, 0.15) is 39.5 Å². The highest BCUT2D eigenvalue weighted by atomic mass is 16.3. The zero-order valence-corrected chi connectivity index (χ0v) is 9.92. The average Bonchev–Trinajstić information content (AvgIpc) is 2.70. The van der Waals surface area contributed by atoms with Crippen LogP contribution in [0.15, 0.2) is 24.3 Å². The molecule has 0 aromatic heterocycles. The molecule has 0 aromatic carbocycles. The van der Waals surface area contributed by atoms with Gasteiger partial charge in [0.2, 0.25) is 0 Å². The molecule has 1 unspecified atom stereocenters. The molecule has 0 spiro atoms. The predicted octanol–water partition coefficient (Wildman–Crippen LogP) is 3.31. The second-order valence-electron chi connectivity index (χ2n) is 5.72. The molecule has 2 aliphatic carbocycles. The van der Waals surface area contributed by atoms with Gasteiger partial charge < -0.3 is 5.11 Å². The van der Waals surface area contributed by atoms with E-state index in [2.05, 4.69) is 20.1 Å². The fourth-order valence-corrected chi connectivity index (χ4v) is 3.48.